The van der Waals surface area contributed by atoms with Gasteiger partial charge in [-0.25, -0.2) is 9.97 Å². The molecule has 0 saturated heterocycles. The van der Waals surface area contributed by atoms with Crippen molar-refractivity contribution in [3.8, 4) is 16.9 Å². The maximum atomic E-state index is 5.34. The fourth-order valence-corrected chi connectivity index (χ4v) is 1.89. The molecule has 0 N–H and O–H groups in total. The number of ether oxygens (including phenoxy) is 1. The summed E-state index contributed by atoms with van der Waals surface area (Å²) in [4.78, 5) is 8.04. The zero-order valence-corrected chi connectivity index (χ0v) is 9.69. The molecule has 3 nitrogen and oxygen atoms in total. The molecule has 1 aromatic heterocycles. The van der Waals surface area contributed by atoms with E-state index in [0.29, 0.717) is 0 Å². The average Bonchev–Trinajstić information content (AvgIpc) is 2.30. The second kappa shape index (κ2) is 4.31. The molecule has 0 amide bonds. The fourth-order valence-electron chi connectivity index (χ4n) is 1.89. The van der Waals surface area contributed by atoms with Crippen molar-refractivity contribution in [2.45, 2.75) is 13.8 Å². The lowest BCUT2D eigenvalue weighted by molar-refractivity contribution is 0.408. The number of aryl methyl sites for hydroxylation is 2. The van der Waals surface area contributed by atoms with Crippen molar-refractivity contribution in [3.05, 3.63) is 42.0 Å². The van der Waals surface area contributed by atoms with Crippen molar-refractivity contribution in [2.24, 2.45) is 0 Å². The molecule has 2 rings (SSSR count). The summed E-state index contributed by atoms with van der Waals surface area (Å²) in [7, 11) is 1.70. The number of methoxy groups -OCH3 is 1. The van der Waals surface area contributed by atoms with Gasteiger partial charge in [-0.2, -0.15) is 0 Å². The Kier molecular flexibility index (Phi) is 2.86. The van der Waals surface area contributed by atoms with Crippen LogP contribution in [0.4, 0.5) is 0 Å². The summed E-state index contributed by atoms with van der Waals surface area (Å²) in [5.74, 6) is 0.945. The zero-order valence-electron chi connectivity index (χ0n) is 9.69. The number of hydrogen-bond acceptors (Lipinski definition) is 3. The van der Waals surface area contributed by atoms with Gasteiger partial charge in [-0.1, -0.05) is 0 Å². The van der Waals surface area contributed by atoms with Gasteiger partial charge in [0.05, 0.1) is 7.11 Å². The average molecular weight is 214 g/mol. The predicted octanol–water partition coefficient (Wildman–Crippen LogP) is 2.77. The Morgan fingerprint density at radius 1 is 0.938 bits per heavy atom. The monoisotopic (exact) mass is 214 g/mol. The van der Waals surface area contributed by atoms with Crippen LogP contribution in [0.15, 0.2) is 30.9 Å². The molecule has 16 heavy (non-hydrogen) atoms. The molecule has 0 unspecified atom stereocenters. The number of hydrogen-bond donors (Lipinski definition) is 0. The van der Waals surface area contributed by atoms with E-state index in [1.54, 1.807) is 7.11 Å². The van der Waals surface area contributed by atoms with Crippen molar-refractivity contribution in [2.75, 3.05) is 7.11 Å². The summed E-state index contributed by atoms with van der Waals surface area (Å²) in [6.07, 6.45) is 5.16. The summed E-state index contributed by atoms with van der Waals surface area (Å²) in [5.41, 5.74) is 4.40. The standard InChI is InChI=1S/C13H14N2O/c1-9-4-11(5-10(2)13(9)16-3)12-6-14-8-15-7-12/h4-8H,1-3H3. The lowest BCUT2D eigenvalue weighted by Gasteiger charge is -2.10. The Morgan fingerprint density at radius 2 is 1.50 bits per heavy atom. The smallest absolute Gasteiger partial charge is 0.124 e. The van der Waals surface area contributed by atoms with Crippen LogP contribution in [0.2, 0.25) is 0 Å². The van der Waals surface area contributed by atoms with Crippen molar-refractivity contribution >= 4 is 0 Å². The molecular weight excluding hydrogens is 200 g/mol. The third kappa shape index (κ3) is 1.89. The topological polar surface area (TPSA) is 35.0 Å². The maximum absolute atomic E-state index is 5.34. The molecule has 0 aliphatic carbocycles. The Hall–Kier alpha value is -1.90. The summed E-state index contributed by atoms with van der Waals surface area (Å²) < 4.78 is 5.34. The molecule has 3 heteroatoms. The quantitative estimate of drug-likeness (QED) is 0.771. The third-order valence-electron chi connectivity index (χ3n) is 2.56. The fraction of sp³-hybridized carbons (Fsp3) is 0.231. The van der Waals surface area contributed by atoms with Crippen LogP contribution in [0, 0.1) is 13.8 Å². The van der Waals surface area contributed by atoms with Gasteiger partial charge in [-0.05, 0) is 42.7 Å². The Balaban J connectivity index is 2.53. The van der Waals surface area contributed by atoms with E-state index in [1.807, 2.05) is 26.2 Å². The van der Waals surface area contributed by atoms with Gasteiger partial charge >= 0.3 is 0 Å². The van der Waals surface area contributed by atoms with Crippen molar-refractivity contribution in [3.63, 3.8) is 0 Å². The Labute approximate surface area is 95.1 Å². The third-order valence-corrected chi connectivity index (χ3v) is 2.56. The van der Waals surface area contributed by atoms with E-state index >= 15 is 0 Å². The molecule has 0 aliphatic rings. The second-order valence-corrected chi connectivity index (χ2v) is 3.77. The van der Waals surface area contributed by atoms with E-state index in [-0.39, 0.29) is 0 Å². The van der Waals surface area contributed by atoms with Gasteiger partial charge in [0, 0.05) is 18.0 Å². The van der Waals surface area contributed by atoms with Gasteiger partial charge < -0.3 is 4.74 Å². The molecule has 0 fully saturated rings. The highest BCUT2D eigenvalue weighted by atomic mass is 16.5. The highest BCUT2D eigenvalue weighted by Crippen LogP contribution is 2.29. The highest BCUT2D eigenvalue weighted by molar-refractivity contribution is 5.65. The first kappa shape index (κ1) is 10.6. The van der Waals surface area contributed by atoms with E-state index in [9.17, 15) is 0 Å². The van der Waals surface area contributed by atoms with E-state index in [0.717, 1.165) is 28.0 Å². The van der Waals surface area contributed by atoms with Gasteiger partial charge in [-0.15, -0.1) is 0 Å². The highest BCUT2D eigenvalue weighted by Gasteiger charge is 2.06. The van der Waals surface area contributed by atoms with Crippen LogP contribution in [0.25, 0.3) is 11.1 Å². The first-order valence-corrected chi connectivity index (χ1v) is 5.13. The molecule has 0 atom stereocenters. The minimum atomic E-state index is 0.945. The molecule has 0 spiro atoms. The molecular formula is C13H14N2O. The predicted molar refractivity (Wildman–Crippen MR) is 63.5 cm³/mol. The molecule has 0 saturated carbocycles. The van der Waals surface area contributed by atoms with E-state index < -0.39 is 0 Å². The van der Waals surface area contributed by atoms with Gasteiger partial charge in [0.25, 0.3) is 0 Å². The molecule has 82 valence electrons. The first-order chi connectivity index (χ1) is 7.72. The Bertz CT molecular complexity index is 472. The van der Waals surface area contributed by atoms with Crippen LogP contribution in [-0.4, -0.2) is 17.1 Å². The zero-order chi connectivity index (χ0) is 11.5. The van der Waals surface area contributed by atoms with Crippen LogP contribution in [0.1, 0.15) is 11.1 Å². The number of nitrogens with zero attached hydrogens (tertiary/aromatic N) is 2. The minimum absolute atomic E-state index is 0.945. The number of benzene rings is 1. The van der Waals surface area contributed by atoms with Crippen molar-refractivity contribution in [1.29, 1.82) is 0 Å². The van der Waals surface area contributed by atoms with E-state index in [2.05, 4.69) is 22.1 Å². The molecule has 1 aromatic carbocycles. The normalized spacial score (nSPS) is 10.2. The van der Waals surface area contributed by atoms with Crippen LogP contribution in [0.3, 0.4) is 0 Å². The Morgan fingerprint density at radius 3 is 2.00 bits per heavy atom. The molecule has 0 bridgehead atoms. The molecule has 2 aromatic rings. The molecule has 1 heterocycles. The maximum Gasteiger partial charge on any atom is 0.124 e. The van der Waals surface area contributed by atoms with Crippen molar-refractivity contribution < 1.29 is 4.74 Å². The van der Waals surface area contributed by atoms with E-state index in [1.165, 1.54) is 6.33 Å². The lowest BCUT2D eigenvalue weighted by atomic mass is 10.0. The van der Waals surface area contributed by atoms with Gasteiger partial charge in [0.2, 0.25) is 0 Å². The van der Waals surface area contributed by atoms with Crippen LogP contribution in [-0.2, 0) is 0 Å². The summed E-state index contributed by atoms with van der Waals surface area (Å²) in [6.45, 7) is 4.08. The number of aromatic nitrogens is 2. The first-order valence-electron chi connectivity index (χ1n) is 5.13. The largest absolute Gasteiger partial charge is 0.496 e. The van der Waals surface area contributed by atoms with E-state index in [4.69, 9.17) is 4.74 Å². The van der Waals surface area contributed by atoms with Crippen LogP contribution in [0.5, 0.6) is 5.75 Å². The van der Waals surface area contributed by atoms with Crippen molar-refractivity contribution in [1.82, 2.24) is 9.97 Å². The van der Waals surface area contributed by atoms with Gasteiger partial charge in [0.15, 0.2) is 0 Å². The molecule has 0 radical (unpaired) electrons. The lowest BCUT2D eigenvalue weighted by Crippen LogP contribution is -1.92. The summed E-state index contributed by atoms with van der Waals surface area (Å²) >= 11 is 0. The summed E-state index contributed by atoms with van der Waals surface area (Å²) in [6, 6.07) is 4.18. The van der Waals surface area contributed by atoms with Crippen LogP contribution < -0.4 is 4.74 Å². The summed E-state index contributed by atoms with van der Waals surface area (Å²) in [5, 5.41) is 0. The second-order valence-electron chi connectivity index (χ2n) is 3.77. The SMILES string of the molecule is COc1c(C)cc(-c2cncnc2)cc1C. The minimum Gasteiger partial charge on any atom is -0.496 e. The van der Waals surface area contributed by atoms with Crippen LogP contribution >= 0.6 is 0 Å². The van der Waals surface area contributed by atoms with Gasteiger partial charge in [-0.3, -0.25) is 0 Å². The van der Waals surface area contributed by atoms with Gasteiger partial charge in [0.1, 0.15) is 12.1 Å². The number of rotatable bonds is 2. The molecule has 0 aliphatic heterocycles.